The Labute approximate surface area is 90.2 Å². The number of carbonyl (C=O) groups is 1. The molecule has 0 saturated carbocycles. The number of nitrogens with zero attached hydrogens (tertiary/aromatic N) is 1. The summed E-state index contributed by atoms with van der Waals surface area (Å²) in [6, 6.07) is 2.05. The molecular formula is C10H9NOS2. The van der Waals surface area contributed by atoms with E-state index in [1.165, 1.54) is 4.88 Å². The minimum absolute atomic E-state index is 0.565. The smallest absolute Gasteiger partial charge is 0.169 e. The van der Waals surface area contributed by atoms with E-state index in [2.05, 4.69) is 11.9 Å². The largest absolute Gasteiger partial charge is 0.296 e. The molecule has 0 fully saturated rings. The van der Waals surface area contributed by atoms with Crippen LogP contribution >= 0.6 is 22.7 Å². The first-order valence-electron chi connectivity index (χ1n) is 4.19. The molecular weight excluding hydrogens is 214 g/mol. The fourth-order valence-electron chi connectivity index (χ4n) is 1.24. The van der Waals surface area contributed by atoms with E-state index in [9.17, 15) is 4.79 Å². The lowest BCUT2D eigenvalue weighted by atomic mass is 10.3. The Morgan fingerprint density at radius 1 is 1.36 bits per heavy atom. The summed E-state index contributed by atoms with van der Waals surface area (Å²) in [6.45, 7) is 3.99. The van der Waals surface area contributed by atoms with Crippen molar-refractivity contribution in [2.24, 2.45) is 0 Å². The molecule has 0 N–H and O–H groups in total. The molecule has 2 aromatic rings. The number of rotatable bonds is 2. The summed E-state index contributed by atoms with van der Waals surface area (Å²) in [5, 5.41) is 2.99. The number of hydrogen-bond acceptors (Lipinski definition) is 4. The predicted molar refractivity (Wildman–Crippen MR) is 60.3 cm³/mol. The molecule has 0 spiro atoms. The lowest BCUT2D eigenvalue weighted by Gasteiger charge is -1.91. The zero-order valence-corrected chi connectivity index (χ0v) is 9.54. The van der Waals surface area contributed by atoms with E-state index >= 15 is 0 Å². The van der Waals surface area contributed by atoms with Crippen molar-refractivity contribution in [3.05, 3.63) is 26.9 Å². The van der Waals surface area contributed by atoms with Gasteiger partial charge in [0.05, 0.1) is 0 Å². The Kier molecular flexibility index (Phi) is 2.48. The van der Waals surface area contributed by atoms with E-state index in [0.29, 0.717) is 5.69 Å². The standard InChI is InChI=1S/C10H9NOS2/c1-6-8(3-4-13-6)10-11-9(5-12)7(2)14-10/h3-5H,1-2H3. The van der Waals surface area contributed by atoms with Gasteiger partial charge in [-0.05, 0) is 25.3 Å². The molecule has 0 unspecified atom stereocenters. The molecule has 0 aliphatic heterocycles. The molecule has 2 rings (SSSR count). The molecule has 14 heavy (non-hydrogen) atoms. The highest BCUT2D eigenvalue weighted by molar-refractivity contribution is 7.16. The van der Waals surface area contributed by atoms with Gasteiger partial charge in [0, 0.05) is 15.3 Å². The van der Waals surface area contributed by atoms with Gasteiger partial charge in [0.2, 0.25) is 0 Å². The van der Waals surface area contributed by atoms with Crippen LogP contribution in [0.1, 0.15) is 20.2 Å². The number of hydrogen-bond donors (Lipinski definition) is 0. The minimum atomic E-state index is 0.565. The Balaban J connectivity index is 2.53. The molecule has 2 aromatic heterocycles. The minimum Gasteiger partial charge on any atom is -0.296 e. The van der Waals surface area contributed by atoms with Crippen LogP contribution in [0.15, 0.2) is 11.4 Å². The predicted octanol–water partition coefficient (Wildman–Crippen LogP) is 3.30. The van der Waals surface area contributed by atoms with Gasteiger partial charge in [0.15, 0.2) is 6.29 Å². The van der Waals surface area contributed by atoms with Crippen LogP contribution in [0, 0.1) is 13.8 Å². The molecule has 0 bridgehead atoms. The average molecular weight is 223 g/mol. The topological polar surface area (TPSA) is 30.0 Å². The maximum absolute atomic E-state index is 10.6. The Morgan fingerprint density at radius 2 is 2.14 bits per heavy atom. The van der Waals surface area contributed by atoms with Crippen LogP contribution < -0.4 is 0 Å². The van der Waals surface area contributed by atoms with Gasteiger partial charge in [-0.15, -0.1) is 22.7 Å². The third kappa shape index (κ3) is 1.51. The number of aryl methyl sites for hydroxylation is 2. The van der Waals surface area contributed by atoms with Crippen molar-refractivity contribution in [1.82, 2.24) is 4.98 Å². The Bertz CT molecular complexity index is 470. The summed E-state index contributed by atoms with van der Waals surface area (Å²) in [5.74, 6) is 0. The fourth-order valence-corrected chi connectivity index (χ4v) is 2.97. The highest BCUT2D eigenvalue weighted by Crippen LogP contribution is 2.31. The van der Waals surface area contributed by atoms with E-state index in [-0.39, 0.29) is 0 Å². The van der Waals surface area contributed by atoms with Gasteiger partial charge in [-0.25, -0.2) is 4.98 Å². The molecule has 0 aliphatic rings. The van der Waals surface area contributed by atoms with E-state index in [0.717, 1.165) is 21.7 Å². The number of thiazole rings is 1. The Morgan fingerprint density at radius 3 is 2.64 bits per heavy atom. The van der Waals surface area contributed by atoms with Crippen LogP contribution in [-0.4, -0.2) is 11.3 Å². The molecule has 0 saturated heterocycles. The lowest BCUT2D eigenvalue weighted by molar-refractivity contribution is 0.111. The van der Waals surface area contributed by atoms with Crippen molar-refractivity contribution >= 4 is 29.0 Å². The molecule has 2 heterocycles. The first kappa shape index (κ1) is 9.55. The molecule has 72 valence electrons. The maximum atomic E-state index is 10.6. The van der Waals surface area contributed by atoms with Gasteiger partial charge in [0.1, 0.15) is 10.7 Å². The van der Waals surface area contributed by atoms with Gasteiger partial charge in [-0.2, -0.15) is 0 Å². The molecule has 0 aliphatic carbocycles. The summed E-state index contributed by atoms with van der Waals surface area (Å²) in [6.07, 6.45) is 0.817. The van der Waals surface area contributed by atoms with Crippen LogP contribution in [0.2, 0.25) is 0 Å². The number of aromatic nitrogens is 1. The summed E-state index contributed by atoms with van der Waals surface area (Å²) in [7, 11) is 0. The van der Waals surface area contributed by atoms with Gasteiger partial charge < -0.3 is 0 Å². The summed E-state index contributed by atoms with van der Waals surface area (Å²) >= 11 is 3.28. The second kappa shape index (κ2) is 3.63. The quantitative estimate of drug-likeness (QED) is 0.731. The molecule has 0 radical (unpaired) electrons. The van der Waals surface area contributed by atoms with Crippen LogP contribution in [0.4, 0.5) is 0 Å². The monoisotopic (exact) mass is 223 g/mol. The molecule has 0 atom stereocenters. The summed E-state index contributed by atoms with van der Waals surface area (Å²) in [5.41, 5.74) is 1.71. The van der Waals surface area contributed by atoms with Crippen LogP contribution in [0.3, 0.4) is 0 Å². The zero-order valence-electron chi connectivity index (χ0n) is 7.90. The third-order valence-corrected chi connectivity index (χ3v) is 3.90. The highest BCUT2D eigenvalue weighted by Gasteiger charge is 2.10. The van der Waals surface area contributed by atoms with Gasteiger partial charge in [0.25, 0.3) is 0 Å². The number of aldehydes is 1. The number of thiophene rings is 1. The van der Waals surface area contributed by atoms with Gasteiger partial charge >= 0.3 is 0 Å². The average Bonchev–Trinajstić information content (AvgIpc) is 2.71. The molecule has 0 amide bonds. The first-order chi connectivity index (χ1) is 6.72. The van der Waals surface area contributed by atoms with Gasteiger partial charge in [-0.3, -0.25) is 4.79 Å². The van der Waals surface area contributed by atoms with E-state index in [1.54, 1.807) is 22.7 Å². The van der Waals surface area contributed by atoms with E-state index < -0.39 is 0 Å². The van der Waals surface area contributed by atoms with Crippen molar-refractivity contribution in [3.63, 3.8) is 0 Å². The van der Waals surface area contributed by atoms with E-state index in [4.69, 9.17) is 0 Å². The second-order valence-electron chi connectivity index (χ2n) is 2.97. The van der Waals surface area contributed by atoms with Crippen molar-refractivity contribution in [2.75, 3.05) is 0 Å². The van der Waals surface area contributed by atoms with Crippen molar-refractivity contribution in [2.45, 2.75) is 13.8 Å². The zero-order chi connectivity index (χ0) is 10.1. The van der Waals surface area contributed by atoms with Crippen molar-refractivity contribution < 1.29 is 4.79 Å². The highest BCUT2D eigenvalue weighted by atomic mass is 32.1. The Hall–Kier alpha value is -1.00. The van der Waals surface area contributed by atoms with Crippen molar-refractivity contribution in [3.8, 4) is 10.6 Å². The van der Waals surface area contributed by atoms with Crippen LogP contribution in [0.5, 0.6) is 0 Å². The fraction of sp³-hybridized carbons (Fsp3) is 0.200. The first-order valence-corrected chi connectivity index (χ1v) is 5.89. The lowest BCUT2D eigenvalue weighted by Crippen LogP contribution is -1.82. The van der Waals surface area contributed by atoms with Gasteiger partial charge in [-0.1, -0.05) is 0 Å². The SMILES string of the molecule is Cc1sccc1-c1nc(C=O)c(C)s1. The maximum Gasteiger partial charge on any atom is 0.169 e. The van der Waals surface area contributed by atoms with Crippen LogP contribution in [-0.2, 0) is 0 Å². The second-order valence-corrected chi connectivity index (χ2v) is 5.29. The third-order valence-electron chi connectivity index (χ3n) is 2.03. The van der Waals surface area contributed by atoms with Crippen LogP contribution in [0.25, 0.3) is 10.6 Å². The normalized spacial score (nSPS) is 10.4. The molecule has 4 heteroatoms. The van der Waals surface area contributed by atoms with Crippen molar-refractivity contribution in [1.29, 1.82) is 0 Å². The molecule has 0 aromatic carbocycles. The molecule has 2 nitrogen and oxygen atoms in total. The summed E-state index contributed by atoms with van der Waals surface area (Å²) in [4.78, 5) is 17.2. The summed E-state index contributed by atoms with van der Waals surface area (Å²) < 4.78 is 0. The number of carbonyl (C=O) groups excluding carboxylic acids is 1. The van der Waals surface area contributed by atoms with E-state index in [1.807, 2.05) is 18.4 Å².